The zero-order valence-electron chi connectivity index (χ0n) is 12.0. The second-order valence-electron chi connectivity index (χ2n) is 6.62. The van der Waals surface area contributed by atoms with Crippen LogP contribution >= 0.6 is 0 Å². The molecule has 1 unspecified atom stereocenters. The minimum Gasteiger partial charge on any atom is -0.323 e. The molecule has 0 heterocycles. The van der Waals surface area contributed by atoms with Crippen molar-refractivity contribution < 1.29 is 0 Å². The highest BCUT2D eigenvalue weighted by Gasteiger charge is 2.29. The highest BCUT2D eigenvalue weighted by atomic mass is 15.1. The van der Waals surface area contributed by atoms with E-state index in [2.05, 4.69) is 36.1 Å². The zero-order valence-corrected chi connectivity index (χ0v) is 12.0. The molecule has 1 aromatic carbocycles. The monoisotopic (exact) mass is 258 g/mol. The Bertz CT molecular complexity index is 390. The van der Waals surface area contributed by atoms with Crippen LogP contribution in [0.1, 0.15) is 42.9 Å². The smallest absolute Gasteiger partial charge is 0.0424 e. The van der Waals surface area contributed by atoms with E-state index in [0.29, 0.717) is 0 Å². The van der Waals surface area contributed by atoms with Crippen molar-refractivity contribution in [1.82, 2.24) is 4.90 Å². The van der Waals surface area contributed by atoms with Crippen molar-refractivity contribution in [3.63, 3.8) is 0 Å². The SMILES string of the molecule is Cc1ccc(C(N)CN(CC2CC2)CC2CC2)cc1. The quantitative estimate of drug-likeness (QED) is 0.814. The maximum atomic E-state index is 6.40. The number of hydrogen-bond acceptors (Lipinski definition) is 2. The first-order chi connectivity index (χ1) is 9.20. The summed E-state index contributed by atoms with van der Waals surface area (Å²) in [7, 11) is 0. The van der Waals surface area contributed by atoms with E-state index in [9.17, 15) is 0 Å². The first-order valence-electron chi connectivity index (χ1n) is 7.75. The highest BCUT2D eigenvalue weighted by Crippen LogP contribution is 2.34. The molecule has 0 amide bonds. The van der Waals surface area contributed by atoms with E-state index in [1.807, 2.05) is 0 Å². The van der Waals surface area contributed by atoms with Crippen molar-refractivity contribution >= 4 is 0 Å². The summed E-state index contributed by atoms with van der Waals surface area (Å²) in [4.78, 5) is 2.62. The van der Waals surface area contributed by atoms with Crippen LogP contribution in [0.5, 0.6) is 0 Å². The topological polar surface area (TPSA) is 29.3 Å². The molecule has 2 N–H and O–H groups in total. The molecule has 1 aromatic rings. The third-order valence-corrected chi connectivity index (χ3v) is 4.39. The lowest BCUT2D eigenvalue weighted by atomic mass is 10.1. The van der Waals surface area contributed by atoms with Gasteiger partial charge < -0.3 is 10.6 Å². The van der Waals surface area contributed by atoms with Gasteiger partial charge in [-0.25, -0.2) is 0 Å². The molecule has 104 valence electrons. The third kappa shape index (κ3) is 4.05. The molecule has 0 saturated heterocycles. The van der Waals surface area contributed by atoms with Crippen LogP contribution in [-0.4, -0.2) is 24.5 Å². The van der Waals surface area contributed by atoms with Gasteiger partial charge in [-0.3, -0.25) is 0 Å². The Morgan fingerprint density at radius 3 is 2.05 bits per heavy atom. The van der Waals surface area contributed by atoms with Crippen LogP contribution < -0.4 is 5.73 Å². The minimum absolute atomic E-state index is 0.165. The molecule has 2 aliphatic rings. The van der Waals surface area contributed by atoms with E-state index in [4.69, 9.17) is 5.73 Å². The number of aryl methyl sites for hydroxylation is 1. The van der Waals surface area contributed by atoms with E-state index in [-0.39, 0.29) is 6.04 Å². The van der Waals surface area contributed by atoms with Crippen LogP contribution in [-0.2, 0) is 0 Å². The maximum absolute atomic E-state index is 6.40. The molecule has 0 spiro atoms. The fourth-order valence-electron chi connectivity index (χ4n) is 2.75. The Morgan fingerprint density at radius 2 is 1.58 bits per heavy atom. The first kappa shape index (κ1) is 13.1. The Hall–Kier alpha value is -0.860. The molecule has 0 bridgehead atoms. The van der Waals surface area contributed by atoms with Crippen molar-refractivity contribution in [2.24, 2.45) is 17.6 Å². The van der Waals surface area contributed by atoms with Gasteiger partial charge in [0.2, 0.25) is 0 Å². The summed E-state index contributed by atoms with van der Waals surface area (Å²) in [5.74, 6) is 1.92. The maximum Gasteiger partial charge on any atom is 0.0424 e. The van der Waals surface area contributed by atoms with Crippen LogP contribution in [0.4, 0.5) is 0 Å². The average Bonchev–Trinajstić information content (AvgIpc) is 3.26. The largest absolute Gasteiger partial charge is 0.323 e. The fourth-order valence-corrected chi connectivity index (χ4v) is 2.75. The average molecular weight is 258 g/mol. The Balaban J connectivity index is 1.57. The van der Waals surface area contributed by atoms with Gasteiger partial charge in [0.1, 0.15) is 0 Å². The van der Waals surface area contributed by atoms with Crippen LogP contribution in [0.25, 0.3) is 0 Å². The van der Waals surface area contributed by atoms with Crippen LogP contribution in [0.15, 0.2) is 24.3 Å². The van der Waals surface area contributed by atoms with Gasteiger partial charge in [0, 0.05) is 25.7 Å². The summed E-state index contributed by atoms with van der Waals surface area (Å²) in [6.45, 7) is 5.70. The molecule has 19 heavy (non-hydrogen) atoms. The predicted molar refractivity (Wildman–Crippen MR) is 80.0 cm³/mol. The predicted octanol–water partition coefficient (Wildman–Crippen LogP) is 3.12. The van der Waals surface area contributed by atoms with Crippen LogP contribution in [0, 0.1) is 18.8 Å². The van der Waals surface area contributed by atoms with Crippen LogP contribution in [0.2, 0.25) is 0 Å². The Kier molecular flexibility index (Phi) is 3.90. The lowest BCUT2D eigenvalue weighted by Gasteiger charge is -2.26. The molecule has 0 aliphatic heterocycles. The molecule has 1 atom stereocenters. The molecule has 0 aromatic heterocycles. The van der Waals surface area contributed by atoms with Crippen molar-refractivity contribution in [1.29, 1.82) is 0 Å². The molecule has 2 fully saturated rings. The summed E-state index contributed by atoms with van der Waals surface area (Å²) < 4.78 is 0. The normalized spacial score (nSPS) is 20.8. The van der Waals surface area contributed by atoms with Gasteiger partial charge in [-0.2, -0.15) is 0 Å². The highest BCUT2D eigenvalue weighted by molar-refractivity contribution is 5.24. The molecule has 3 rings (SSSR count). The Morgan fingerprint density at radius 1 is 1.05 bits per heavy atom. The van der Waals surface area contributed by atoms with Gasteiger partial charge in [0.25, 0.3) is 0 Å². The number of rotatable bonds is 7. The molecule has 2 nitrogen and oxygen atoms in total. The molecule has 2 saturated carbocycles. The first-order valence-corrected chi connectivity index (χ1v) is 7.75. The molecule has 2 aliphatic carbocycles. The van der Waals surface area contributed by atoms with Gasteiger partial charge in [-0.1, -0.05) is 29.8 Å². The molecule has 2 heteroatoms. The lowest BCUT2D eigenvalue weighted by molar-refractivity contribution is 0.238. The van der Waals surface area contributed by atoms with Crippen molar-refractivity contribution in [2.75, 3.05) is 19.6 Å². The fraction of sp³-hybridized carbons (Fsp3) is 0.647. The van der Waals surface area contributed by atoms with E-state index < -0.39 is 0 Å². The summed E-state index contributed by atoms with van der Waals surface area (Å²) in [5, 5.41) is 0. The Labute approximate surface area is 117 Å². The van der Waals surface area contributed by atoms with Gasteiger partial charge in [-0.05, 0) is 50.0 Å². The standard InChI is InChI=1S/C17H26N2/c1-13-2-8-16(9-3-13)17(18)12-19(10-14-4-5-14)11-15-6-7-15/h2-3,8-9,14-15,17H,4-7,10-12,18H2,1H3. The van der Waals surface area contributed by atoms with E-state index in [0.717, 1.165) is 18.4 Å². The lowest BCUT2D eigenvalue weighted by Crippen LogP contribution is -2.35. The van der Waals surface area contributed by atoms with Gasteiger partial charge >= 0.3 is 0 Å². The van der Waals surface area contributed by atoms with E-state index in [1.165, 1.54) is 49.9 Å². The summed E-state index contributed by atoms with van der Waals surface area (Å²) in [6, 6.07) is 8.87. The third-order valence-electron chi connectivity index (χ3n) is 4.39. The second-order valence-corrected chi connectivity index (χ2v) is 6.62. The molecular weight excluding hydrogens is 232 g/mol. The number of benzene rings is 1. The molecule has 0 radical (unpaired) electrons. The van der Waals surface area contributed by atoms with E-state index >= 15 is 0 Å². The summed E-state index contributed by atoms with van der Waals surface area (Å²) in [6.07, 6.45) is 5.73. The molecular formula is C17H26N2. The van der Waals surface area contributed by atoms with Crippen molar-refractivity contribution in [2.45, 2.75) is 38.6 Å². The number of nitrogens with two attached hydrogens (primary N) is 1. The van der Waals surface area contributed by atoms with Gasteiger partial charge in [0.15, 0.2) is 0 Å². The minimum atomic E-state index is 0.165. The second kappa shape index (κ2) is 5.64. The van der Waals surface area contributed by atoms with E-state index in [1.54, 1.807) is 0 Å². The van der Waals surface area contributed by atoms with Gasteiger partial charge in [0.05, 0.1) is 0 Å². The van der Waals surface area contributed by atoms with Crippen molar-refractivity contribution in [3.05, 3.63) is 35.4 Å². The number of hydrogen-bond donors (Lipinski definition) is 1. The zero-order chi connectivity index (χ0) is 13.2. The summed E-state index contributed by atoms with van der Waals surface area (Å²) in [5.41, 5.74) is 8.99. The van der Waals surface area contributed by atoms with Crippen molar-refractivity contribution in [3.8, 4) is 0 Å². The van der Waals surface area contributed by atoms with Crippen LogP contribution in [0.3, 0.4) is 0 Å². The summed E-state index contributed by atoms with van der Waals surface area (Å²) >= 11 is 0. The van der Waals surface area contributed by atoms with Gasteiger partial charge in [-0.15, -0.1) is 0 Å². The number of nitrogens with zero attached hydrogens (tertiary/aromatic N) is 1.